The van der Waals surface area contributed by atoms with Gasteiger partial charge in [-0.2, -0.15) is 4.89 Å². The Kier molecular flexibility index (Phi) is 5.62. The number of para-hydroxylation sites is 1. The normalized spacial score (nSPS) is 10.0. The topological polar surface area (TPSA) is 74.2 Å². The highest BCUT2D eigenvalue weighted by atomic mass is 17.2. The van der Waals surface area contributed by atoms with Gasteiger partial charge in [0.05, 0.1) is 7.11 Å². The number of methoxy groups -OCH3 is 1. The van der Waals surface area contributed by atoms with E-state index in [-0.39, 0.29) is 24.5 Å². The minimum Gasteiger partial charge on any atom is -0.507 e. The molecule has 2 aromatic rings. The Hall–Kier alpha value is -2.73. The second-order valence-electron chi connectivity index (χ2n) is 4.23. The SMILES string of the molecule is COc1ccc(OCCOOC(=O)c2ccccc2O)cc1. The maximum absolute atomic E-state index is 11.6. The summed E-state index contributed by atoms with van der Waals surface area (Å²) in [4.78, 5) is 21.0. The maximum Gasteiger partial charge on any atom is 0.376 e. The smallest absolute Gasteiger partial charge is 0.376 e. The fourth-order valence-corrected chi connectivity index (χ4v) is 1.65. The predicted molar refractivity (Wildman–Crippen MR) is 78.0 cm³/mol. The van der Waals surface area contributed by atoms with Crippen molar-refractivity contribution in [3.63, 3.8) is 0 Å². The quantitative estimate of drug-likeness (QED) is 0.481. The van der Waals surface area contributed by atoms with E-state index >= 15 is 0 Å². The van der Waals surface area contributed by atoms with Crippen LogP contribution >= 0.6 is 0 Å². The minimum absolute atomic E-state index is 0.0403. The summed E-state index contributed by atoms with van der Waals surface area (Å²) in [5.41, 5.74) is 0.0403. The van der Waals surface area contributed by atoms with Gasteiger partial charge in [0, 0.05) is 0 Å². The third kappa shape index (κ3) is 4.39. The zero-order valence-electron chi connectivity index (χ0n) is 12.0. The average Bonchev–Trinajstić information content (AvgIpc) is 2.55. The molecule has 6 nitrogen and oxygen atoms in total. The lowest BCUT2D eigenvalue weighted by Gasteiger charge is -2.07. The van der Waals surface area contributed by atoms with Crippen LogP contribution in [-0.4, -0.2) is 31.4 Å². The number of ether oxygens (including phenoxy) is 2. The lowest BCUT2D eigenvalue weighted by molar-refractivity contribution is -0.243. The number of carbonyl (C=O) groups is 1. The molecule has 0 aliphatic heterocycles. The number of hydrogen-bond acceptors (Lipinski definition) is 6. The molecule has 1 N–H and O–H groups in total. The number of phenolic OH excluding ortho intramolecular Hbond substituents is 1. The molecule has 0 bridgehead atoms. The number of benzene rings is 2. The Morgan fingerprint density at radius 3 is 2.36 bits per heavy atom. The molecule has 0 fully saturated rings. The first-order valence-electron chi connectivity index (χ1n) is 6.59. The van der Waals surface area contributed by atoms with Gasteiger partial charge in [0.25, 0.3) is 0 Å². The first-order valence-corrected chi connectivity index (χ1v) is 6.59. The molecule has 0 unspecified atom stereocenters. The van der Waals surface area contributed by atoms with E-state index in [9.17, 15) is 9.90 Å². The average molecular weight is 304 g/mol. The van der Waals surface area contributed by atoms with E-state index in [1.54, 1.807) is 43.5 Å². The lowest BCUT2D eigenvalue weighted by Crippen LogP contribution is -2.11. The highest BCUT2D eigenvalue weighted by molar-refractivity contribution is 5.91. The second-order valence-corrected chi connectivity index (χ2v) is 4.23. The Morgan fingerprint density at radius 1 is 1.00 bits per heavy atom. The first kappa shape index (κ1) is 15.7. The van der Waals surface area contributed by atoms with Gasteiger partial charge in [-0.15, -0.1) is 0 Å². The van der Waals surface area contributed by atoms with Crippen molar-refractivity contribution in [2.75, 3.05) is 20.3 Å². The van der Waals surface area contributed by atoms with Crippen molar-refractivity contribution < 1.29 is 29.1 Å². The van der Waals surface area contributed by atoms with Gasteiger partial charge in [-0.1, -0.05) is 12.1 Å². The largest absolute Gasteiger partial charge is 0.507 e. The Labute approximate surface area is 127 Å². The zero-order chi connectivity index (χ0) is 15.8. The summed E-state index contributed by atoms with van der Waals surface area (Å²) in [7, 11) is 1.59. The van der Waals surface area contributed by atoms with Gasteiger partial charge in [0.15, 0.2) is 0 Å². The van der Waals surface area contributed by atoms with E-state index in [0.29, 0.717) is 5.75 Å². The summed E-state index contributed by atoms with van der Waals surface area (Å²) < 4.78 is 10.4. The highest BCUT2D eigenvalue weighted by Gasteiger charge is 2.12. The molecule has 0 atom stereocenters. The molecule has 0 aliphatic carbocycles. The van der Waals surface area contributed by atoms with Gasteiger partial charge in [-0.05, 0) is 36.4 Å². The fraction of sp³-hybridized carbons (Fsp3) is 0.188. The van der Waals surface area contributed by atoms with Crippen LogP contribution in [0.15, 0.2) is 48.5 Å². The van der Waals surface area contributed by atoms with Crippen LogP contribution in [0.4, 0.5) is 0 Å². The van der Waals surface area contributed by atoms with Gasteiger partial charge in [0.1, 0.15) is 36.0 Å². The molecule has 0 amide bonds. The predicted octanol–water partition coefficient (Wildman–Crippen LogP) is 2.57. The first-order chi connectivity index (χ1) is 10.7. The van der Waals surface area contributed by atoms with Gasteiger partial charge < -0.3 is 14.6 Å². The Bertz CT molecular complexity index is 608. The molecule has 0 radical (unpaired) electrons. The molecule has 0 spiro atoms. The molecule has 0 saturated carbocycles. The molecule has 2 aromatic carbocycles. The van der Waals surface area contributed by atoms with Crippen LogP contribution in [0.5, 0.6) is 17.2 Å². The molecule has 0 saturated heterocycles. The standard InChI is InChI=1S/C16H16O6/c1-19-12-6-8-13(9-7-12)20-10-11-21-22-16(18)14-4-2-3-5-15(14)17/h2-9,17H,10-11H2,1H3. The van der Waals surface area contributed by atoms with Crippen LogP contribution < -0.4 is 9.47 Å². The van der Waals surface area contributed by atoms with Crippen molar-refractivity contribution >= 4 is 5.97 Å². The monoisotopic (exact) mass is 304 g/mol. The fourth-order valence-electron chi connectivity index (χ4n) is 1.65. The molecule has 116 valence electrons. The number of phenols is 1. The molecular weight excluding hydrogens is 288 g/mol. The maximum atomic E-state index is 11.6. The van der Waals surface area contributed by atoms with Crippen molar-refractivity contribution in [2.45, 2.75) is 0 Å². The van der Waals surface area contributed by atoms with Crippen molar-refractivity contribution in [3.05, 3.63) is 54.1 Å². The van der Waals surface area contributed by atoms with Crippen molar-refractivity contribution in [1.29, 1.82) is 0 Å². The van der Waals surface area contributed by atoms with E-state index in [0.717, 1.165) is 5.75 Å². The third-order valence-electron chi connectivity index (χ3n) is 2.75. The van der Waals surface area contributed by atoms with Crippen LogP contribution in [-0.2, 0) is 9.78 Å². The summed E-state index contributed by atoms with van der Waals surface area (Å²) in [5.74, 6) is 0.463. The molecule has 0 aromatic heterocycles. The molecule has 0 heterocycles. The summed E-state index contributed by atoms with van der Waals surface area (Å²) in [6.45, 7) is 0.270. The number of rotatable bonds is 7. The molecule has 2 rings (SSSR count). The number of carbonyl (C=O) groups excluding carboxylic acids is 1. The summed E-state index contributed by atoms with van der Waals surface area (Å²) in [5, 5.41) is 9.48. The number of aromatic hydroxyl groups is 1. The van der Waals surface area contributed by atoms with Gasteiger partial charge >= 0.3 is 5.97 Å². The summed E-state index contributed by atoms with van der Waals surface area (Å²) in [6, 6.07) is 13.1. The zero-order valence-corrected chi connectivity index (χ0v) is 12.0. The summed E-state index contributed by atoms with van der Waals surface area (Å²) in [6.07, 6.45) is 0. The van der Waals surface area contributed by atoms with E-state index in [1.807, 2.05) is 0 Å². The van der Waals surface area contributed by atoms with Crippen molar-refractivity contribution in [2.24, 2.45) is 0 Å². The van der Waals surface area contributed by atoms with Crippen LogP contribution in [0, 0.1) is 0 Å². The lowest BCUT2D eigenvalue weighted by atomic mass is 10.2. The van der Waals surface area contributed by atoms with Crippen molar-refractivity contribution in [3.8, 4) is 17.2 Å². The Balaban J connectivity index is 1.68. The van der Waals surface area contributed by atoms with Crippen LogP contribution in [0.2, 0.25) is 0 Å². The molecule has 6 heteroatoms. The Morgan fingerprint density at radius 2 is 1.68 bits per heavy atom. The van der Waals surface area contributed by atoms with E-state index < -0.39 is 5.97 Å². The van der Waals surface area contributed by atoms with E-state index in [4.69, 9.17) is 14.4 Å². The molecule has 22 heavy (non-hydrogen) atoms. The highest BCUT2D eigenvalue weighted by Crippen LogP contribution is 2.17. The van der Waals surface area contributed by atoms with Crippen molar-refractivity contribution in [1.82, 2.24) is 0 Å². The minimum atomic E-state index is -0.762. The van der Waals surface area contributed by atoms with E-state index in [1.165, 1.54) is 12.1 Å². The van der Waals surface area contributed by atoms with E-state index in [2.05, 4.69) is 4.89 Å². The summed E-state index contributed by atoms with van der Waals surface area (Å²) >= 11 is 0. The second kappa shape index (κ2) is 7.90. The van der Waals surface area contributed by atoms with Gasteiger partial charge in [-0.3, -0.25) is 4.89 Å². The van der Waals surface area contributed by atoms with Gasteiger partial charge in [0.2, 0.25) is 0 Å². The van der Waals surface area contributed by atoms with Crippen LogP contribution in [0.1, 0.15) is 10.4 Å². The van der Waals surface area contributed by atoms with Gasteiger partial charge in [-0.25, -0.2) is 4.79 Å². The molecular formula is C16H16O6. The van der Waals surface area contributed by atoms with Crippen LogP contribution in [0.25, 0.3) is 0 Å². The molecule has 0 aliphatic rings. The van der Waals surface area contributed by atoms with Crippen LogP contribution in [0.3, 0.4) is 0 Å². The third-order valence-corrected chi connectivity index (χ3v) is 2.75. The number of hydrogen-bond donors (Lipinski definition) is 1.